The van der Waals surface area contributed by atoms with Crippen LogP contribution in [0.5, 0.6) is 0 Å². The summed E-state index contributed by atoms with van der Waals surface area (Å²) in [6, 6.07) is 5.17. The van der Waals surface area contributed by atoms with Gasteiger partial charge in [-0.1, -0.05) is 6.07 Å². The molecular formula is C16H21ClFN3. The van der Waals surface area contributed by atoms with Gasteiger partial charge < -0.3 is 9.47 Å². The maximum absolute atomic E-state index is 14.0. The molecule has 1 aromatic heterocycles. The van der Waals surface area contributed by atoms with Gasteiger partial charge in [0.2, 0.25) is 0 Å². The van der Waals surface area contributed by atoms with Gasteiger partial charge in [-0.05, 0) is 45.5 Å². The summed E-state index contributed by atoms with van der Waals surface area (Å²) in [7, 11) is 4.25. The summed E-state index contributed by atoms with van der Waals surface area (Å²) >= 11 is 5.90. The quantitative estimate of drug-likeness (QED) is 0.789. The fourth-order valence-corrected chi connectivity index (χ4v) is 3.41. The first kappa shape index (κ1) is 14.8. The third-order valence-electron chi connectivity index (χ3n) is 4.81. The van der Waals surface area contributed by atoms with Crippen LogP contribution in [0.4, 0.5) is 4.39 Å². The lowest BCUT2D eigenvalue weighted by Gasteiger charge is -2.47. The summed E-state index contributed by atoms with van der Waals surface area (Å²) in [6.45, 7) is 0.853. The lowest BCUT2D eigenvalue weighted by molar-refractivity contribution is 0.0428. The number of rotatable bonds is 5. The average molecular weight is 310 g/mol. The summed E-state index contributed by atoms with van der Waals surface area (Å²) in [5, 5.41) is 0. The molecule has 3 rings (SSSR count). The van der Waals surface area contributed by atoms with Crippen LogP contribution in [0.3, 0.4) is 0 Å². The zero-order valence-electron chi connectivity index (χ0n) is 12.6. The molecule has 2 aromatic rings. The van der Waals surface area contributed by atoms with Crippen LogP contribution in [0.25, 0.3) is 11.0 Å². The van der Waals surface area contributed by atoms with Crippen molar-refractivity contribution in [3.63, 3.8) is 0 Å². The molecule has 3 nitrogen and oxygen atoms in total. The Balaban J connectivity index is 2.07. The van der Waals surface area contributed by atoms with E-state index in [9.17, 15) is 4.39 Å². The molecule has 0 spiro atoms. The normalized spacial score (nSPS) is 17.4. The van der Waals surface area contributed by atoms with Crippen LogP contribution in [0.15, 0.2) is 18.2 Å². The van der Waals surface area contributed by atoms with Gasteiger partial charge in [-0.25, -0.2) is 9.37 Å². The smallest absolute Gasteiger partial charge is 0.151 e. The molecule has 1 heterocycles. The Hall–Kier alpha value is -1.13. The zero-order chi connectivity index (χ0) is 15.0. The van der Waals surface area contributed by atoms with Gasteiger partial charge in [0.25, 0.3) is 0 Å². The van der Waals surface area contributed by atoms with Gasteiger partial charge in [0.15, 0.2) is 5.82 Å². The molecule has 5 heteroatoms. The third-order valence-corrected chi connectivity index (χ3v) is 5.00. The number of halogens is 2. The molecule has 1 aromatic carbocycles. The summed E-state index contributed by atoms with van der Waals surface area (Å²) < 4.78 is 16.2. The minimum Gasteiger partial charge on any atom is -0.326 e. The topological polar surface area (TPSA) is 21.1 Å². The summed E-state index contributed by atoms with van der Waals surface area (Å²) in [5.74, 6) is 1.13. The van der Waals surface area contributed by atoms with E-state index in [1.54, 1.807) is 6.07 Å². The second kappa shape index (κ2) is 5.58. The van der Waals surface area contributed by atoms with Crippen LogP contribution >= 0.6 is 11.6 Å². The maximum atomic E-state index is 14.0. The molecule has 1 aliphatic rings. The van der Waals surface area contributed by atoms with E-state index in [0.717, 1.165) is 17.9 Å². The minimum atomic E-state index is -0.255. The summed E-state index contributed by atoms with van der Waals surface area (Å²) in [4.78, 5) is 6.79. The van der Waals surface area contributed by atoms with E-state index in [2.05, 4.69) is 28.5 Å². The molecule has 1 aliphatic carbocycles. The van der Waals surface area contributed by atoms with Gasteiger partial charge >= 0.3 is 0 Å². The van der Waals surface area contributed by atoms with E-state index in [4.69, 9.17) is 11.6 Å². The van der Waals surface area contributed by atoms with Gasteiger partial charge in [-0.2, -0.15) is 0 Å². The van der Waals surface area contributed by atoms with Crippen molar-refractivity contribution in [2.45, 2.75) is 37.8 Å². The van der Waals surface area contributed by atoms with E-state index in [1.807, 2.05) is 6.07 Å². The number of fused-ring (bicyclic) bond motifs is 1. The van der Waals surface area contributed by atoms with Crippen LogP contribution in [0.2, 0.25) is 0 Å². The fraction of sp³-hybridized carbons (Fsp3) is 0.562. The van der Waals surface area contributed by atoms with Gasteiger partial charge in [0.05, 0.1) is 5.52 Å². The number of aromatic nitrogens is 2. The number of alkyl halides is 1. The standard InChI is InChI=1S/C16H21ClFN3/c1-20(2)16(8-4-9-16)11-21-13-6-3-5-12(18)15(13)19-14(21)7-10-17/h3,5-6H,4,7-11H2,1-2H3. The van der Waals surface area contributed by atoms with E-state index in [-0.39, 0.29) is 11.4 Å². The molecule has 0 atom stereocenters. The Bertz CT molecular complexity index is 646. The van der Waals surface area contributed by atoms with Crippen molar-refractivity contribution in [2.75, 3.05) is 20.0 Å². The molecule has 1 fully saturated rings. The fourth-order valence-electron chi connectivity index (χ4n) is 3.24. The van der Waals surface area contributed by atoms with Crippen molar-refractivity contribution >= 4 is 22.6 Å². The van der Waals surface area contributed by atoms with E-state index in [0.29, 0.717) is 17.8 Å². The van der Waals surface area contributed by atoms with Crippen molar-refractivity contribution in [1.82, 2.24) is 14.5 Å². The molecule has 114 valence electrons. The highest BCUT2D eigenvalue weighted by molar-refractivity contribution is 6.17. The zero-order valence-corrected chi connectivity index (χ0v) is 13.3. The highest BCUT2D eigenvalue weighted by atomic mass is 35.5. The van der Waals surface area contributed by atoms with E-state index >= 15 is 0 Å². The molecule has 0 amide bonds. The van der Waals surface area contributed by atoms with Gasteiger partial charge in [0.1, 0.15) is 11.3 Å². The lowest BCUT2D eigenvalue weighted by Crippen LogP contribution is -2.53. The third kappa shape index (κ3) is 2.44. The number of hydrogen-bond donors (Lipinski definition) is 0. The SMILES string of the molecule is CN(C)C1(Cn2c(CCCl)nc3c(F)cccc32)CCC1. The first-order valence-electron chi connectivity index (χ1n) is 7.44. The van der Waals surface area contributed by atoms with Crippen molar-refractivity contribution in [3.05, 3.63) is 29.8 Å². The number of benzene rings is 1. The van der Waals surface area contributed by atoms with Crippen molar-refractivity contribution in [1.29, 1.82) is 0 Å². The second-order valence-corrected chi connectivity index (χ2v) is 6.51. The monoisotopic (exact) mass is 309 g/mol. The van der Waals surface area contributed by atoms with Crippen molar-refractivity contribution in [2.24, 2.45) is 0 Å². The van der Waals surface area contributed by atoms with Crippen molar-refractivity contribution in [3.8, 4) is 0 Å². The Morgan fingerprint density at radius 1 is 1.38 bits per heavy atom. The molecule has 0 saturated heterocycles. The largest absolute Gasteiger partial charge is 0.326 e. The van der Waals surface area contributed by atoms with Crippen LogP contribution in [0.1, 0.15) is 25.1 Å². The molecule has 0 N–H and O–H groups in total. The highest BCUT2D eigenvalue weighted by Gasteiger charge is 2.40. The Kier molecular flexibility index (Phi) is 3.93. The van der Waals surface area contributed by atoms with Crippen LogP contribution in [0, 0.1) is 5.82 Å². The molecule has 0 unspecified atom stereocenters. The average Bonchev–Trinajstić information content (AvgIpc) is 2.73. The summed E-state index contributed by atoms with van der Waals surface area (Å²) in [6.07, 6.45) is 4.27. The van der Waals surface area contributed by atoms with E-state index < -0.39 is 0 Å². The minimum absolute atomic E-state index is 0.168. The number of hydrogen-bond acceptors (Lipinski definition) is 2. The molecule has 0 bridgehead atoms. The van der Waals surface area contributed by atoms with Gasteiger partial charge in [-0.3, -0.25) is 0 Å². The Morgan fingerprint density at radius 3 is 2.71 bits per heavy atom. The van der Waals surface area contributed by atoms with Crippen molar-refractivity contribution < 1.29 is 4.39 Å². The Labute approximate surface area is 129 Å². The number of para-hydroxylation sites is 1. The number of likely N-dealkylation sites (N-methyl/N-ethyl adjacent to an activating group) is 1. The maximum Gasteiger partial charge on any atom is 0.151 e. The Morgan fingerprint density at radius 2 is 2.14 bits per heavy atom. The molecule has 21 heavy (non-hydrogen) atoms. The van der Waals surface area contributed by atoms with Crippen LogP contribution in [-0.4, -0.2) is 40.0 Å². The van der Waals surface area contributed by atoms with Crippen LogP contribution < -0.4 is 0 Å². The van der Waals surface area contributed by atoms with Gasteiger partial charge in [0, 0.05) is 24.4 Å². The first-order valence-corrected chi connectivity index (χ1v) is 7.98. The predicted molar refractivity (Wildman–Crippen MR) is 84.4 cm³/mol. The van der Waals surface area contributed by atoms with Crippen LogP contribution in [-0.2, 0) is 13.0 Å². The first-order chi connectivity index (χ1) is 10.1. The molecule has 0 radical (unpaired) electrons. The van der Waals surface area contributed by atoms with Gasteiger partial charge in [-0.15, -0.1) is 11.6 Å². The van der Waals surface area contributed by atoms with E-state index in [1.165, 1.54) is 25.3 Å². The molecular weight excluding hydrogens is 289 g/mol. The lowest BCUT2D eigenvalue weighted by atomic mass is 9.75. The molecule has 1 saturated carbocycles. The number of nitrogens with zero attached hydrogens (tertiary/aromatic N) is 3. The number of imidazole rings is 1. The summed E-state index contributed by atoms with van der Waals surface area (Å²) in [5.41, 5.74) is 1.51. The molecule has 0 aliphatic heterocycles. The predicted octanol–water partition coefficient (Wildman–Crippen LogP) is 3.44. The number of aryl methyl sites for hydroxylation is 1. The second-order valence-electron chi connectivity index (χ2n) is 6.13. The highest BCUT2D eigenvalue weighted by Crippen LogP contribution is 2.38.